The van der Waals surface area contributed by atoms with Gasteiger partial charge in [0.15, 0.2) is 5.13 Å². The van der Waals surface area contributed by atoms with Crippen LogP contribution in [0.15, 0.2) is 29.6 Å². The van der Waals surface area contributed by atoms with Gasteiger partial charge in [0.2, 0.25) is 11.8 Å². The molecule has 1 aromatic heterocycles. The van der Waals surface area contributed by atoms with Crippen LogP contribution in [-0.2, 0) is 29.1 Å². The lowest BCUT2D eigenvalue weighted by Gasteiger charge is -2.27. The van der Waals surface area contributed by atoms with Crippen molar-refractivity contribution in [3.63, 3.8) is 0 Å². The number of anilines is 1. The molecule has 1 fully saturated rings. The van der Waals surface area contributed by atoms with Gasteiger partial charge >= 0.3 is 0 Å². The Balaban J connectivity index is 1.51. The molecule has 0 atom stereocenters. The molecule has 7 heteroatoms. The summed E-state index contributed by atoms with van der Waals surface area (Å²) >= 11 is 1.35. The number of piperidine rings is 1. The van der Waals surface area contributed by atoms with Crippen LogP contribution in [0.2, 0.25) is 0 Å². The number of thiazole rings is 1. The first-order valence-electron chi connectivity index (χ1n) is 10.3. The van der Waals surface area contributed by atoms with Gasteiger partial charge in [0.1, 0.15) is 0 Å². The molecule has 2 amide bonds. The van der Waals surface area contributed by atoms with Crippen molar-refractivity contribution in [1.29, 1.82) is 0 Å². The van der Waals surface area contributed by atoms with Crippen LogP contribution in [0.1, 0.15) is 49.9 Å². The topological polar surface area (TPSA) is 74.3 Å². The molecule has 29 heavy (non-hydrogen) atoms. The highest BCUT2D eigenvalue weighted by molar-refractivity contribution is 7.13. The molecule has 1 aliphatic heterocycles. The standard InChI is InChI=1S/C22H30N4O2S/c1-16(2)21(28)25-22-24-19(15-29-22)12-20(27)23-13-17-8-4-5-9-18(17)14-26-10-6-3-7-11-26/h4-5,8-9,15-16H,3,6-7,10-14H2,1-2H3,(H,23,27)(H,24,25,28). The Morgan fingerprint density at radius 3 is 2.59 bits per heavy atom. The van der Waals surface area contributed by atoms with E-state index >= 15 is 0 Å². The van der Waals surface area contributed by atoms with E-state index in [1.54, 1.807) is 0 Å². The van der Waals surface area contributed by atoms with Gasteiger partial charge in [0, 0.05) is 24.4 Å². The van der Waals surface area contributed by atoms with Crippen LogP contribution in [0, 0.1) is 5.92 Å². The van der Waals surface area contributed by atoms with Crippen LogP contribution < -0.4 is 10.6 Å². The van der Waals surface area contributed by atoms with Crippen molar-refractivity contribution in [2.75, 3.05) is 18.4 Å². The first-order chi connectivity index (χ1) is 14.0. The van der Waals surface area contributed by atoms with Crippen LogP contribution in [0.25, 0.3) is 0 Å². The molecular formula is C22H30N4O2S. The van der Waals surface area contributed by atoms with E-state index < -0.39 is 0 Å². The highest BCUT2D eigenvalue weighted by Crippen LogP contribution is 2.18. The summed E-state index contributed by atoms with van der Waals surface area (Å²) in [5, 5.41) is 8.14. The number of hydrogen-bond acceptors (Lipinski definition) is 5. The van der Waals surface area contributed by atoms with Crippen LogP contribution in [0.5, 0.6) is 0 Å². The molecule has 6 nitrogen and oxygen atoms in total. The Labute approximate surface area is 176 Å². The van der Waals surface area contributed by atoms with E-state index in [2.05, 4.69) is 38.7 Å². The monoisotopic (exact) mass is 414 g/mol. The van der Waals surface area contributed by atoms with Crippen LogP contribution in [-0.4, -0.2) is 34.8 Å². The molecule has 0 aliphatic carbocycles. The number of rotatable bonds is 8. The molecule has 0 saturated carbocycles. The molecule has 2 N–H and O–H groups in total. The average Bonchev–Trinajstić information content (AvgIpc) is 3.14. The van der Waals surface area contributed by atoms with Crippen molar-refractivity contribution in [1.82, 2.24) is 15.2 Å². The molecule has 2 aromatic rings. The fourth-order valence-electron chi connectivity index (χ4n) is 3.36. The number of amides is 2. The van der Waals surface area contributed by atoms with Crippen molar-refractivity contribution in [2.45, 2.75) is 52.6 Å². The van der Waals surface area contributed by atoms with Crippen molar-refractivity contribution in [3.05, 3.63) is 46.5 Å². The van der Waals surface area contributed by atoms with E-state index in [9.17, 15) is 9.59 Å². The normalized spacial score (nSPS) is 14.7. The maximum atomic E-state index is 12.4. The number of hydrogen-bond donors (Lipinski definition) is 2. The van der Waals surface area contributed by atoms with Gasteiger partial charge < -0.3 is 10.6 Å². The molecule has 2 heterocycles. The number of nitrogens with zero attached hydrogens (tertiary/aromatic N) is 2. The maximum Gasteiger partial charge on any atom is 0.228 e. The SMILES string of the molecule is CC(C)C(=O)Nc1nc(CC(=O)NCc2ccccc2CN2CCCCC2)cs1. The molecule has 0 unspecified atom stereocenters. The van der Waals surface area contributed by atoms with E-state index in [0.29, 0.717) is 17.4 Å². The van der Waals surface area contributed by atoms with Gasteiger partial charge in [-0.25, -0.2) is 4.98 Å². The molecule has 1 aliphatic rings. The number of carbonyl (C=O) groups is 2. The molecule has 0 bridgehead atoms. The summed E-state index contributed by atoms with van der Waals surface area (Å²) in [6, 6.07) is 8.32. The van der Waals surface area contributed by atoms with Gasteiger partial charge in [-0.05, 0) is 37.1 Å². The van der Waals surface area contributed by atoms with Crippen LogP contribution in [0.3, 0.4) is 0 Å². The summed E-state index contributed by atoms with van der Waals surface area (Å²) in [5.41, 5.74) is 3.12. The quantitative estimate of drug-likeness (QED) is 0.692. The Kier molecular flexibility index (Phi) is 7.77. The third-order valence-electron chi connectivity index (χ3n) is 5.08. The average molecular weight is 415 g/mol. The van der Waals surface area contributed by atoms with Gasteiger partial charge in [-0.3, -0.25) is 14.5 Å². The lowest BCUT2D eigenvalue weighted by Crippen LogP contribution is -2.30. The number of benzene rings is 1. The number of nitrogens with one attached hydrogen (secondary N) is 2. The van der Waals surface area contributed by atoms with Crippen LogP contribution >= 0.6 is 11.3 Å². The highest BCUT2D eigenvalue weighted by atomic mass is 32.1. The van der Waals surface area contributed by atoms with Gasteiger partial charge in [-0.2, -0.15) is 0 Å². The van der Waals surface area contributed by atoms with E-state index in [1.807, 2.05) is 25.3 Å². The minimum Gasteiger partial charge on any atom is -0.352 e. The fraction of sp³-hybridized carbons (Fsp3) is 0.500. The molecule has 3 rings (SSSR count). The second kappa shape index (κ2) is 10.5. The van der Waals surface area contributed by atoms with Crippen molar-refractivity contribution in [3.8, 4) is 0 Å². The summed E-state index contributed by atoms with van der Waals surface area (Å²) in [6.07, 6.45) is 4.08. The fourth-order valence-corrected chi connectivity index (χ4v) is 4.07. The summed E-state index contributed by atoms with van der Waals surface area (Å²) in [4.78, 5) is 31.0. The van der Waals surface area contributed by atoms with E-state index in [-0.39, 0.29) is 24.2 Å². The zero-order valence-electron chi connectivity index (χ0n) is 17.2. The number of carbonyl (C=O) groups excluding carboxylic acids is 2. The van der Waals surface area contributed by atoms with Gasteiger partial charge in [-0.15, -0.1) is 11.3 Å². The smallest absolute Gasteiger partial charge is 0.228 e. The summed E-state index contributed by atoms with van der Waals surface area (Å²) in [5.74, 6) is -0.235. The molecule has 1 aromatic carbocycles. The minimum absolute atomic E-state index is 0.0650. The number of aromatic nitrogens is 1. The summed E-state index contributed by atoms with van der Waals surface area (Å²) < 4.78 is 0. The predicted molar refractivity (Wildman–Crippen MR) is 117 cm³/mol. The van der Waals surface area contributed by atoms with E-state index in [4.69, 9.17) is 0 Å². The first kappa shape index (κ1) is 21.5. The van der Waals surface area contributed by atoms with E-state index in [1.165, 1.54) is 36.2 Å². The van der Waals surface area contributed by atoms with Crippen molar-refractivity contribution >= 4 is 28.3 Å². The Morgan fingerprint density at radius 1 is 1.14 bits per heavy atom. The summed E-state index contributed by atoms with van der Waals surface area (Å²) in [6.45, 7) is 7.43. The second-order valence-electron chi connectivity index (χ2n) is 7.85. The van der Waals surface area contributed by atoms with Gasteiger partial charge in [0.05, 0.1) is 12.1 Å². The first-order valence-corrected chi connectivity index (χ1v) is 11.2. The lowest BCUT2D eigenvalue weighted by atomic mass is 10.0. The van der Waals surface area contributed by atoms with Gasteiger partial charge in [-0.1, -0.05) is 44.5 Å². The van der Waals surface area contributed by atoms with Crippen molar-refractivity contribution in [2.24, 2.45) is 5.92 Å². The zero-order chi connectivity index (χ0) is 20.6. The molecular weight excluding hydrogens is 384 g/mol. The lowest BCUT2D eigenvalue weighted by molar-refractivity contribution is -0.120. The third kappa shape index (κ3) is 6.65. The van der Waals surface area contributed by atoms with E-state index in [0.717, 1.165) is 25.2 Å². The second-order valence-corrected chi connectivity index (χ2v) is 8.71. The molecule has 1 saturated heterocycles. The molecule has 0 radical (unpaired) electrons. The van der Waals surface area contributed by atoms with Crippen LogP contribution in [0.4, 0.5) is 5.13 Å². The molecule has 156 valence electrons. The maximum absolute atomic E-state index is 12.4. The Hall–Kier alpha value is -2.25. The summed E-state index contributed by atoms with van der Waals surface area (Å²) in [7, 11) is 0. The number of likely N-dealkylation sites (tertiary alicyclic amines) is 1. The highest BCUT2D eigenvalue weighted by Gasteiger charge is 2.14. The third-order valence-corrected chi connectivity index (χ3v) is 5.89. The zero-order valence-corrected chi connectivity index (χ0v) is 18.1. The Bertz CT molecular complexity index is 828. The van der Waals surface area contributed by atoms with Gasteiger partial charge in [0.25, 0.3) is 0 Å². The largest absolute Gasteiger partial charge is 0.352 e. The molecule has 0 spiro atoms. The predicted octanol–water partition coefficient (Wildman–Crippen LogP) is 3.58. The van der Waals surface area contributed by atoms with Crippen molar-refractivity contribution < 1.29 is 9.59 Å². The minimum atomic E-state index is -0.101. The Morgan fingerprint density at radius 2 is 1.86 bits per heavy atom.